The minimum atomic E-state index is -4.80. The smallest absolute Gasteiger partial charge is 0.488 e. The molecule has 1 fully saturated rings. The van der Waals surface area contributed by atoms with Gasteiger partial charge in [0.1, 0.15) is 17.2 Å². The second kappa shape index (κ2) is 12.2. The van der Waals surface area contributed by atoms with Gasteiger partial charge >= 0.3 is 13.3 Å². The summed E-state index contributed by atoms with van der Waals surface area (Å²) in [5, 5.41) is 21.7. The van der Waals surface area contributed by atoms with Gasteiger partial charge in [0.15, 0.2) is 0 Å². The number of hydrogen-bond donors (Lipinski definition) is 3. The lowest BCUT2D eigenvalue weighted by atomic mass is 9.78. The molecule has 1 heterocycles. The minimum absolute atomic E-state index is 0.109. The van der Waals surface area contributed by atoms with E-state index in [9.17, 15) is 41.2 Å². The van der Waals surface area contributed by atoms with E-state index < -0.39 is 41.8 Å². The summed E-state index contributed by atoms with van der Waals surface area (Å²) < 4.78 is 86.3. The lowest BCUT2D eigenvalue weighted by Crippen LogP contribution is -2.32. The van der Waals surface area contributed by atoms with Crippen molar-refractivity contribution in [3.05, 3.63) is 88.2 Å². The van der Waals surface area contributed by atoms with Gasteiger partial charge in [-0.1, -0.05) is 12.1 Å². The molecule has 3 aromatic carbocycles. The second-order valence-electron chi connectivity index (χ2n) is 10.3. The van der Waals surface area contributed by atoms with Gasteiger partial charge in [-0.15, -0.1) is 0 Å². The highest BCUT2D eigenvalue weighted by Gasteiger charge is 2.35. The SMILES string of the molecule is CNC(=O)c1c(-c2ccc(F)cc2)oc2cc(CN(CCc3ccc(B(O)O)cc3C(F)(F)F)S(=O)[O-])c(C3CC3)cc12. The number of carbonyl (C=O) groups is 1. The number of hydrogen-bond acceptors (Lipinski definition) is 6. The van der Waals surface area contributed by atoms with Crippen LogP contribution in [0.25, 0.3) is 22.3 Å². The highest BCUT2D eigenvalue weighted by molar-refractivity contribution is 7.76. The third kappa shape index (κ3) is 6.68. The largest absolute Gasteiger partial charge is 0.760 e. The van der Waals surface area contributed by atoms with E-state index in [0.29, 0.717) is 28.2 Å². The first-order chi connectivity index (χ1) is 20.4. The molecule has 1 unspecified atom stereocenters. The zero-order valence-electron chi connectivity index (χ0n) is 22.8. The molecular weight excluding hydrogens is 591 g/mol. The molecule has 0 radical (unpaired) electrons. The fourth-order valence-corrected chi connectivity index (χ4v) is 5.63. The van der Waals surface area contributed by atoms with Crippen LogP contribution in [-0.4, -0.2) is 49.7 Å². The molecule has 43 heavy (non-hydrogen) atoms. The molecule has 226 valence electrons. The molecular formula is C29H26BF4N2O6S-. The molecule has 4 aromatic rings. The summed E-state index contributed by atoms with van der Waals surface area (Å²) in [5.74, 6) is -0.560. The average Bonchev–Trinajstić information content (AvgIpc) is 3.74. The Hall–Kier alpha value is -3.56. The van der Waals surface area contributed by atoms with E-state index in [4.69, 9.17) is 4.42 Å². The lowest BCUT2D eigenvalue weighted by molar-refractivity contribution is -0.138. The third-order valence-corrected chi connectivity index (χ3v) is 8.19. The van der Waals surface area contributed by atoms with Crippen molar-refractivity contribution in [3.8, 4) is 11.3 Å². The number of alkyl halides is 3. The molecule has 0 bridgehead atoms. The molecule has 14 heteroatoms. The van der Waals surface area contributed by atoms with E-state index in [1.165, 1.54) is 31.3 Å². The highest BCUT2D eigenvalue weighted by Crippen LogP contribution is 2.45. The van der Waals surface area contributed by atoms with Crippen LogP contribution in [0.1, 0.15) is 51.4 Å². The number of nitrogens with zero attached hydrogens (tertiary/aromatic N) is 1. The lowest BCUT2D eigenvalue weighted by Gasteiger charge is -2.26. The zero-order chi connectivity index (χ0) is 31.1. The van der Waals surface area contributed by atoms with Crippen LogP contribution in [0.15, 0.2) is 59.0 Å². The third-order valence-electron chi connectivity index (χ3n) is 7.45. The number of carbonyl (C=O) groups excluding carboxylic acids is 1. The molecule has 1 saturated carbocycles. The van der Waals surface area contributed by atoms with Gasteiger partial charge in [-0.3, -0.25) is 9.00 Å². The maximum Gasteiger partial charge on any atom is 0.488 e. The molecule has 3 N–H and O–H groups in total. The molecule has 1 aliphatic carbocycles. The monoisotopic (exact) mass is 617 g/mol. The van der Waals surface area contributed by atoms with Crippen LogP contribution in [0, 0.1) is 5.82 Å². The Morgan fingerprint density at radius 1 is 1.12 bits per heavy atom. The molecule has 5 rings (SSSR count). The second-order valence-corrected chi connectivity index (χ2v) is 11.3. The van der Waals surface area contributed by atoms with E-state index in [-0.39, 0.29) is 47.8 Å². The van der Waals surface area contributed by atoms with E-state index >= 15 is 0 Å². The molecule has 1 aliphatic rings. The first kappa shape index (κ1) is 30.9. The van der Waals surface area contributed by atoms with Gasteiger partial charge in [0.2, 0.25) is 0 Å². The van der Waals surface area contributed by atoms with Crippen LogP contribution in [0.5, 0.6) is 0 Å². The van der Waals surface area contributed by atoms with Gasteiger partial charge in [-0.2, -0.15) is 13.2 Å². The molecule has 8 nitrogen and oxygen atoms in total. The van der Waals surface area contributed by atoms with Crippen LogP contribution in [0.2, 0.25) is 0 Å². The van der Waals surface area contributed by atoms with E-state index in [1.807, 2.05) is 0 Å². The van der Waals surface area contributed by atoms with Crippen molar-refractivity contribution < 1.29 is 45.6 Å². The number of rotatable bonds is 10. The summed E-state index contributed by atoms with van der Waals surface area (Å²) in [4.78, 5) is 12.9. The van der Waals surface area contributed by atoms with Crippen LogP contribution < -0.4 is 10.8 Å². The van der Waals surface area contributed by atoms with Gasteiger partial charge in [0, 0.05) is 42.4 Å². The van der Waals surface area contributed by atoms with Crippen LogP contribution >= 0.6 is 0 Å². The quantitative estimate of drug-likeness (QED) is 0.140. The number of amides is 1. The Labute approximate surface area is 246 Å². The van der Waals surface area contributed by atoms with Crippen LogP contribution in [-0.2, 0) is 30.4 Å². The summed E-state index contributed by atoms with van der Waals surface area (Å²) in [5.41, 5.74) is 0.777. The summed E-state index contributed by atoms with van der Waals surface area (Å²) in [6.07, 6.45) is -3.40. The predicted molar refractivity (Wildman–Crippen MR) is 151 cm³/mol. The molecule has 1 aromatic heterocycles. The zero-order valence-corrected chi connectivity index (χ0v) is 23.6. The first-order valence-electron chi connectivity index (χ1n) is 13.3. The number of halogens is 4. The summed E-state index contributed by atoms with van der Waals surface area (Å²) in [6, 6.07) is 11.7. The Morgan fingerprint density at radius 3 is 2.40 bits per heavy atom. The van der Waals surface area contributed by atoms with Crippen molar-refractivity contribution in [1.29, 1.82) is 0 Å². The fraction of sp³-hybridized carbons (Fsp3) is 0.276. The summed E-state index contributed by atoms with van der Waals surface area (Å²) in [6.45, 7) is -0.445. The van der Waals surface area contributed by atoms with Gasteiger partial charge in [0.05, 0.1) is 11.1 Å². The predicted octanol–water partition coefficient (Wildman–Crippen LogP) is 4.01. The van der Waals surface area contributed by atoms with Crippen molar-refractivity contribution >= 4 is 40.7 Å². The van der Waals surface area contributed by atoms with Gasteiger partial charge < -0.3 is 24.3 Å². The van der Waals surface area contributed by atoms with Gasteiger partial charge in [-0.05, 0) is 89.8 Å². The topological polar surface area (TPSA) is 126 Å². The first-order valence-corrected chi connectivity index (χ1v) is 14.4. The minimum Gasteiger partial charge on any atom is -0.760 e. The normalized spacial score (nSPS) is 14.3. The van der Waals surface area contributed by atoms with Crippen LogP contribution in [0.3, 0.4) is 0 Å². The van der Waals surface area contributed by atoms with Crippen LogP contribution in [0.4, 0.5) is 17.6 Å². The molecule has 0 spiro atoms. The maximum absolute atomic E-state index is 13.7. The fourth-order valence-electron chi connectivity index (χ4n) is 5.15. The number of benzene rings is 3. The van der Waals surface area contributed by atoms with E-state index in [0.717, 1.165) is 34.8 Å². The Kier molecular flexibility index (Phi) is 8.77. The van der Waals surface area contributed by atoms with E-state index in [2.05, 4.69) is 5.32 Å². The van der Waals surface area contributed by atoms with Crippen molar-refractivity contribution in [2.75, 3.05) is 13.6 Å². The number of fused-ring (bicyclic) bond motifs is 1. The van der Waals surface area contributed by atoms with Crippen molar-refractivity contribution in [3.63, 3.8) is 0 Å². The molecule has 1 amide bonds. The number of nitrogens with one attached hydrogen (secondary N) is 1. The average molecular weight is 617 g/mol. The van der Waals surface area contributed by atoms with Crippen molar-refractivity contribution in [2.24, 2.45) is 0 Å². The Balaban J connectivity index is 1.50. The van der Waals surface area contributed by atoms with Crippen molar-refractivity contribution in [1.82, 2.24) is 9.62 Å². The summed E-state index contributed by atoms with van der Waals surface area (Å²) in [7, 11) is -0.623. The standard InChI is InChI=1S/C29H27BF4N2O6S/c1-35-28(37)26-23-14-22(16-2-3-16)19(12-25(23)42-27(26)18-5-8-21(31)9-6-18)15-36(43(40)41)11-10-17-4-7-20(30(38)39)13-24(17)29(32,33)34/h4-9,12-14,16,38-39H,2-3,10-11,15H2,1H3,(H,35,37)(H,40,41)/p-1. The molecule has 0 saturated heterocycles. The van der Waals surface area contributed by atoms with E-state index in [1.54, 1.807) is 12.1 Å². The molecule has 0 aliphatic heterocycles. The Morgan fingerprint density at radius 2 is 1.81 bits per heavy atom. The van der Waals surface area contributed by atoms with Crippen molar-refractivity contribution in [2.45, 2.75) is 37.9 Å². The summed E-state index contributed by atoms with van der Waals surface area (Å²) >= 11 is -2.80. The highest BCUT2D eigenvalue weighted by atomic mass is 32.2. The Bertz CT molecular complexity index is 1690. The van der Waals surface area contributed by atoms with Gasteiger partial charge in [0.25, 0.3) is 5.91 Å². The van der Waals surface area contributed by atoms with Gasteiger partial charge in [-0.25, -0.2) is 8.70 Å². The number of furan rings is 1. The maximum atomic E-state index is 13.7. The molecule has 1 atom stereocenters.